The number of aromatic nitrogens is 2. The summed E-state index contributed by atoms with van der Waals surface area (Å²) in [5.74, 6) is -0.0161. The summed E-state index contributed by atoms with van der Waals surface area (Å²) < 4.78 is 6.62. The van der Waals surface area contributed by atoms with Crippen LogP contribution in [-0.2, 0) is 4.74 Å². The van der Waals surface area contributed by atoms with Crippen LogP contribution in [0, 0.1) is 0 Å². The quantitative estimate of drug-likeness (QED) is 0.911. The van der Waals surface area contributed by atoms with Gasteiger partial charge in [-0.15, -0.1) is 0 Å². The first-order valence-corrected chi connectivity index (χ1v) is 8.19. The van der Waals surface area contributed by atoms with Gasteiger partial charge in [-0.1, -0.05) is 35.0 Å². The van der Waals surface area contributed by atoms with E-state index in [-0.39, 0.29) is 12.0 Å². The molecule has 1 aliphatic rings. The maximum atomic E-state index is 12.6. The minimum atomic E-state index is -0.0161. The Morgan fingerprint density at radius 1 is 1.45 bits per heavy atom. The van der Waals surface area contributed by atoms with Gasteiger partial charge in [0.05, 0.1) is 18.4 Å². The van der Waals surface area contributed by atoms with Crippen LogP contribution in [0.3, 0.4) is 0 Å². The van der Waals surface area contributed by atoms with E-state index in [9.17, 15) is 4.79 Å². The van der Waals surface area contributed by atoms with Gasteiger partial charge in [0, 0.05) is 23.1 Å². The van der Waals surface area contributed by atoms with Crippen molar-refractivity contribution in [2.75, 3.05) is 19.7 Å². The second kappa shape index (κ2) is 6.62. The van der Waals surface area contributed by atoms with E-state index in [1.54, 1.807) is 0 Å². The van der Waals surface area contributed by atoms with Crippen molar-refractivity contribution in [2.45, 2.75) is 19.4 Å². The molecule has 0 aliphatic carbocycles. The number of benzene rings is 1. The molecule has 1 atom stereocenters. The summed E-state index contributed by atoms with van der Waals surface area (Å²) in [6.45, 7) is 3.93. The largest absolute Gasteiger partial charge is 0.375 e. The summed E-state index contributed by atoms with van der Waals surface area (Å²) in [4.78, 5) is 14.4. The van der Waals surface area contributed by atoms with Crippen molar-refractivity contribution in [1.82, 2.24) is 15.1 Å². The number of hydrogen-bond donors (Lipinski definition) is 1. The zero-order valence-corrected chi connectivity index (χ0v) is 14.0. The van der Waals surface area contributed by atoms with Crippen molar-refractivity contribution in [2.24, 2.45) is 0 Å². The second-order valence-corrected chi connectivity index (χ2v) is 6.24. The lowest BCUT2D eigenvalue weighted by atomic mass is 10.1. The second-order valence-electron chi connectivity index (χ2n) is 5.33. The zero-order chi connectivity index (χ0) is 15.5. The van der Waals surface area contributed by atoms with E-state index in [1.165, 1.54) is 0 Å². The lowest BCUT2D eigenvalue weighted by Gasteiger charge is -2.32. The van der Waals surface area contributed by atoms with Gasteiger partial charge in [0.25, 0.3) is 5.91 Å². The summed E-state index contributed by atoms with van der Waals surface area (Å²) in [5.41, 5.74) is 2.28. The lowest BCUT2D eigenvalue weighted by Crippen LogP contribution is -2.45. The Kier molecular flexibility index (Phi) is 4.59. The van der Waals surface area contributed by atoms with Crippen molar-refractivity contribution in [3.05, 3.63) is 40.5 Å². The Hall–Kier alpha value is -1.66. The molecular formula is C16H18BrN3O2. The maximum absolute atomic E-state index is 12.6. The highest BCUT2D eigenvalue weighted by Crippen LogP contribution is 2.21. The number of morpholine rings is 1. The summed E-state index contributed by atoms with van der Waals surface area (Å²) in [6.07, 6.45) is 1.04. The number of nitrogens with zero attached hydrogens (tertiary/aromatic N) is 2. The van der Waals surface area contributed by atoms with Crippen molar-refractivity contribution in [3.8, 4) is 11.3 Å². The van der Waals surface area contributed by atoms with Crippen LogP contribution in [0.15, 0.2) is 34.8 Å². The lowest BCUT2D eigenvalue weighted by molar-refractivity contribution is -0.0228. The van der Waals surface area contributed by atoms with Crippen LogP contribution >= 0.6 is 15.9 Å². The molecule has 0 bridgehead atoms. The van der Waals surface area contributed by atoms with Crippen molar-refractivity contribution >= 4 is 21.8 Å². The molecule has 2 heterocycles. The van der Waals surface area contributed by atoms with E-state index in [4.69, 9.17) is 4.74 Å². The minimum Gasteiger partial charge on any atom is -0.375 e. The monoisotopic (exact) mass is 363 g/mol. The number of hydrogen-bond acceptors (Lipinski definition) is 3. The summed E-state index contributed by atoms with van der Waals surface area (Å²) in [5, 5.41) is 7.11. The number of aromatic amines is 1. The molecule has 3 rings (SSSR count). The molecule has 5 nitrogen and oxygen atoms in total. The Bertz CT molecular complexity index is 654. The molecule has 1 aromatic carbocycles. The topological polar surface area (TPSA) is 58.2 Å². The Balaban J connectivity index is 1.75. The Morgan fingerprint density at radius 3 is 2.95 bits per heavy atom. The van der Waals surface area contributed by atoms with Gasteiger partial charge >= 0.3 is 0 Å². The van der Waals surface area contributed by atoms with Crippen molar-refractivity contribution in [1.29, 1.82) is 0 Å². The van der Waals surface area contributed by atoms with Crippen LogP contribution in [0.4, 0.5) is 0 Å². The predicted molar refractivity (Wildman–Crippen MR) is 87.7 cm³/mol. The van der Waals surface area contributed by atoms with Gasteiger partial charge in [-0.2, -0.15) is 5.10 Å². The molecule has 0 saturated carbocycles. The van der Waals surface area contributed by atoms with Gasteiger partial charge in [0.2, 0.25) is 0 Å². The molecule has 6 heteroatoms. The van der Waals surface area contributed by atoms with E-state index < -0.39 is 0 Å². The number of carbonyl (C=O) groups is 1. The van der Waals surface area contributed by atoms with Crippen molar-refractivity contribution < 1.29 is 9.53 Å². The summed E-state index contributed by atoms with van der Waals surface area (Å²) >= 11 is 3.41. The Labute approximate surface area is 137 Å². The van der Waals surface area contributed by atoms with E-state index in [2.05, 4.69) is 33.1 Å². The average molecular weight is 364 g/mol. The van der Waals surface area contributed by atoms with E-state index in [0.717, 1.165) is 22.2 Å². The highest BCUT2D eigenvalue weighted by Gasteiger charge is 2.25. The molecule has 1 saturated heterocycles. The third-order valence-corrected chi connectivity index (χ3v) is 4.36. The van der Waals surface area contributed by atoms with Gasteiger partial charge < -0.3 is 9.64 Å². The molecule has 1 fully saturated rings. The fourth-order valence-corrected chi connectivity index (χ4v) is 2.79. The first-order valence-electron chi connectivity index (χ1n) is 7.39. The van der Waals surface area contributed by atoms with Gasteiger partial charge in [-0.3, -0.25) is 9.89 Å². The van der Waals surface area contributed by atoms with Gasteiger partial charge in [-0.25, -0.2) is 0 Å². The molecule has 116 valence electrons. The summed E-state index contributed by atoms with van der Waals surface area (Å²) in [6, 6.07) is 9.66. The molecular weight excluding hydrogens is 346 g/mol. The molecule has 0 spiro atoms. The first-order chi connectivity index (χ1) is 10.7. The average Bonchev–Trinajstić information content (AvgIpc) is 3.05. The number of rotatable bonds is 3. The third-order valence-electron chi connectivity index (χ3n) is 3.83. The highest BCUT2D eigenvalue weighted by atomic mass is 79.9. The van der Waals surface area contributed by atoms with E-state index >= 15 is 0 Å². The third kappa shape index (κ3) is 3.23. The van der Waals surface area contributed by atoms with Gasteiger partial charge in [-0.05, 0) is 24.6 Å². The predicted octanol–water partition coefficient (Wildman–Crippen LogP) is 3.09. The number of amides is 1. The minimum absolute atomic E-state index is 0.0161. The zero-order valence-electron chi connectivity index (χ0n) is 12.4. The molecule has 0 radical (unpaired) electrons. The van der Waals surface area contributed by atoms with Crippen LogP contribution < -0.4 is 0 Å². The molecule has 1 aromatic heterocycles. The van der Waals surface area contributed by atoms with Gasteiger partial charge in [0.1, 0.15) is 5.69 Å². The normalized spacial score (nSPS) is 18.5. The molecule has 22 heavy (non-hydrogen) atoms. The number of halogens is 1. The highest BCUT2D eigenvalue weighted by molar-refractivity contribution is 9.10. The number of ether oxygens (including phenoxy) is 1. The van der Waals surface area contributed by atoms with Crippen LogP contribution in [0.25, 0.3) is 11.3 Å². The summed E-state index contributed by atoms with van der Waals surface area (Å²) in [7, 11) is 0. The van der Waals surface area contributed by atoms with Crippen LogP contribution in [0.5, 0.6) is 0 Å². The first kappa shape index (κ1) is 15.2. The number of nitrogens with one attached hydrogen (secondary N) is 1. The van der Waals surface area contributed by atoms with Gasteiger partial charge in [0.15, 0.2) is 0 Å². The van der Waals surface area contributed by atoms with Crippen molar-refractivity contribution in [3.63, 3.8) is 0 Å². The molecule has 1 aliphatic heterocycles. The molecule has 2 aromatic rings. The fraction of sp³-hybridized carbons (Fsp3) is 0.375. The van der Waals surface area contributed by atoms with E-state index in [1.807, 2.05) is 35.2 Å². The maximum Gasteiger partial charge on any atom is 0.272 e. The fourth-order valence-electron chi connectivity index (χ4n) is 2.52. The van der Waals surface area contributed by atoms with E-state index in [0.29, 0.717) is 25.4 Å². The Morgan fingerprint density at radius 2 is 2.23 bits per heavy atom. The van der Waals surface area contributed by atoms with Crippen LogP contribution in [0.1, 0.15) is 23.8 Å². The SMILES string of the molecule is CCC1CN(C(=O)c2cc(-c3ccc(Br)cc3)n[nH]2)CCO1. The standard InChI is InChI=1S/C16H18BrN3O2/c1-2-13-10-20(7-8-22-13)16(21)15-9-14(18-19-15)11-3-5-12(17)6-4-11/h3-6,9,13H,2,7-8,10H2,1H3,(H,18,19). The molecule has 1 N–H and O–H groups in total. The molecule has 1 unspecified atom stereocenters. The number of carbonyl (C=O) groups excluding carboxylic acids is 1. The number of H-pyrrole nitrogens is 1. The van der Waals surface area contributed by atoms with Crippen LogP contribution in [0.2, 0.25) is 0 Å². The van der Waals surface area contributed by atoms with Crippen LogP contribution in [-0.4, -0.2) is 46.8 Å². The molecule has 1 amide bonds. The smallest absolute Gasteiger partial charge is 0.272 e.